The molecular formula is C17H22ClN3. The van der Waals surface area contributed by atoms with Gasteiger partial charge in [-0.1, -0.05) is 36.2 Å². The van der Waals surface area contributed by atoms with Crippen LogP contribution in [0.15, 0.2) is 30.3 Å². The van der Waals surface area contributed by atoms with Crippen LogP contribution in [-0.4, -0.2) is 29.5 Å². The van der Waals surface area contributed by atoms with Crippen LogP contribution in [0.25, 0.3) is 10.9 Å². The van der Waals surface area contributed by atoms with Crippen LogP contribution in [0.3, 0.4) is 0 Å². The summed E-state index contributed by atoms with van der Waals surface area (Å²) in [7, 11) is 2.17. The van der Waals surface area contributed by atoms with Crippen molar-refractivity contribution in [3.8, 4) is 0 Å². The van der Waals surface area contributed by atoms with E-state index < -0.39 is 0 Å². The maximum absolute atomic E-state index is 6.36. The van der Waals surface area contributed by atoms with Gasteiger partial charge < -0.3 is 5.73 Å². The molecule has 1 fully saturated rings. The molecule has 0 spiro atoms. The van der Waals surface area contributed by atoms with E-state index in [2.05, 4.69) is 29.1 Å². The van der Waals surface area contributed by atoms with Gasteiger partial charge in [-0.25, -0.2) is 4.98 Å². The monoisotopic (exact) mass is 303 g/mol. The van der Waals surface area contributed by atoms with Gasteiger partial charge in [0.1, 0.15) is 5.15 Å². The molecule has 4 heteroatoms. The molecular weight excluding hydrogens is 282 g/mol. The summed E-state index contributed by atoms with van der Waals surface area (Å²) in [6.07, 6.45) is 3.76. The zero-order valence-electron chi connectivity index (χ0n) is 12.4. The van der Waals surface area contributed by atoms with Crippen molar-refractivity contribution in [3.05, 3.63) is 41.0 Å². The number of benzene rings is 1. The lowest BCUT2D eigenvalue weighted by Crippen LogP contribution is -2.37. The second-order valence-corrected chi connectivity index (χ2v) is 6.40. The molecule has 2 atom stereocenters. The highest BCUT2D eigenvalue weighted by Gasteiger charge is 2.29. The number of halogens is 1. The first kappa shape index (κ1) is 14.8. The second kappa shape index (κ2) is 6.30. The Hall–Kier alpha value is -1.16. The Morgan fingerprint density at radius 1 is 1.33 bits per heavy atom. The Bertz CT molecular complexity index is 628. The molecule has 1 aromatic carbocycles. The number of para-hydroxylation sites is 1. The molecule has 1 saturated carbocycles. The zero-order chi connectivity index (χ0) is 14.8. The van der Waals surface area contributed by atoms with E-state index >= 15 is 0 Å². The molecule has 0 bridgehead atoms. The van der Waals surface area contributed by atoms with Crippen LogP contribution in [0, 0.1) is 5.92 Å². The third-order valence-corrected chi connectivity index (χ3v) is 4.98. The number of hydrogen-bond donors (Lipinski definition) is 1. The normalized spacial score (nSPS) is 22.3. The van der Waals surface area contributed by atoms with E-state index in [0.717, 1.165) is 29.6 Å². The van der Waals surface area contributed by atoms with Gasteiger partial charge >= 0.3 is 0 Å². The fraction of sp³-hybridized carbons (Fsp3) is 0.471. The molecule has 1 aliphatic rings. The van der Waals surface area contributed by atoms with Crippen LogP contribution in [0.1, 0.15) is 24.8 Å². The van der Waals surface area contributed by atoms with Crippen molar-refractivity contribution in [2.45, 2.75) is 31.8 Å². The van der Waals surface area contributed by atoms with E-state index in [4.69, 9.17) is 17.3 Å². The molecule has 3 nitrogen and oxygen atoms in total. The molecule has 3 rings (SSSR count). The highest BCUT2D eigenvalue weighted by Crippen LogP contribution is 2.30. The third kappa shape index (κ3) is 3.05. The van der Waals surface area contributed by atoms with E-state index in [9.17, 15) is 0 Å². The van der Waals surface area contributed by atoms with E-state index in [1.54, 1.807) is 0 Å². The maximum atomic E-state index is 6.36. The molecule has 2 unspecified atom stereocenters. The summed E-state index contributed by atoms with van der Waals surface area (Å²) in [6.45, 7) is 1.61. The minimum absolute atomic E-state index is 0.567. The summed E-state index contributed by atoms with van der Waals surface area (Å²) in [5, 5.41) is 1.76. The minimum Gasteiger partial charge on any atom is -0.330 e. The van der Waals surface area contributed by atoms with E-state index in [-0.39, 0.29) is 0 Å². The van der Waals surface area contributed by atoms with Gasteiger partial charge in [-0.15, -0.1) is 0 Å². The lowest BCUT2D eigenvalue weighted by Gasteiger charge is -2.29. The van der Waals surface area contributed by atoms with Gasteiger partial charge in [0, 0.05) is 23.5 Å². The smallest absolute Gasteiger partial charge is 0.134 e. The summed E-state index contributed by atoms with van der Waals surface area (Å²) in [5.74, 6) is 0.613. The molecule has 0 amide bonds. The number of hydrogen-bond acceptors (Lipinski definition) is 3. The maximum Gasteiger partial charge on any atom is 0.134 e. The number of nitrogens with two attached hydrogens (primary N) is 1. The fourth-order valence-electron chi connectivity index (χ4n) is 3.51. The molecule has 2 N–H and O–H groups in total. The van der Waals surface area contributed by atoms with Crippen LogP contribution in [0.4, 0.5) is 0 Å². The summed E-state index contributed by atoms with van der Waals surface area (Å²) in [6, 6.07) is 10.8. The van der Waals surface area contributed by atoms with Crippen LogP contribution in [0.5, 0.6) is 0 Å². The Kier molecular flexibility index (Phi) is 4.43. The highest BCUT2D eigenvalue weighted by molar-refractivity contribution is 6.30. The van der Waals surface area contributed by atoms with Crippen molar-refractivity contribution >= 4 is 22.5 Å². The van der Waals surface area contributed by atoms with Crippen LogP contribution < -0.4 is 5.73 Å². The van der Waals surface area contributed by atoms with E-state index in [0.29, 0.717) is 17.1 Å². The molecule has 1 aliphatic carbocycles. The topological polar surface area (TPSA) is 42.2 Å². The molecule has 0 aliphatic heterocycles. The summed E-state index contributed by atoms with van der Waals surface area (Å²) >= 11 is 6.36. The van der Waals surface area contributed by atoms with E-state index in [1.165, 1.54) is 19.3 Å². The lowest BCUT2D eigenvalue weighted by molar-refractivity contribution is 0.193. The van der Waals surface area contributed by atoms with Gasteiger partial charge in [-0.2, -0.15) is 0 Å². The lowest BCUT2D eigenvalue weighted by atomic mass is 10.0. The van der Waals surface area contributed by atoms with Crippen molar-refractivity contribution in [3.63, 3.8) is 0 Å². The van der Waals surface area contributed by atoms with Gasteiger partial charge in [0.25, 0.3) is 0 Å². The predicted molar refractivity (Wildman–Crippen MR) is 88.4 cm³/mol. The molecule has 0 saturated heterocycles. The Balaban J connectivity index is 1.82. The number of rotatable bonds is 4. The SMILES string of the molecule is CN(Cc1cc2ccccc2nc1Cl)C1CCCC1CN. The van der Waals surface area contributed by atoms with Gasteiger partial charge in [-0.05, 0) is 44.5 Å². The van der Waals surface area contributed by atoms with Crippen molar-refractivity contribution in [2.24, 2.45) is 11.7 Å². The third-order valence-electron chi connectivity index (χ3n) is 4.66. The molecule has 21 heavy (non-hydrogen) atoms. The van der Waals surface area contributed by atoms with Gasteiger partial charge in [0.2, 0.25) is 0 Å². The van der Waals surface area contributed by atoms with Crippen molar-refractivity contribution < 1.29 is 0 Å². The number of pyridine rings is 1. The zero-order valence-corrected chi connectivity index (χ0v) is 13.2. The largest absolute Gasteiger partial charge is 0.330 e. The predicted octanol–water partition coefficient (Wildman–Crippen LogP) is 3.45. The van der Waals surface area contributed by atoms with Crippen molar-refractivity contribution in [1.29, 1.82) is 0 Å². The van der Waals surface area contributed by atoms with Crippen molar-refractivity contribution in [2.75, 3.05) is 13.6 Å². The van der Waals surface area contributed by atoms with Crippen LogP contribution in [0.2, 0.25) is 5.15 Å². The van der Waals surface area contributed by atoms with Crippen LogP contribution >= 0.6 is 11.6 Å². The van der Waals surface area contributed by atoms with Crippen LogP contribution in [-0.2, 0) is 6.54 Å². The molecule has 1 heterocycles. The molecule has 112 valence electrons. The van der Waals surface area contributed by atoms with E-state index in [1.807, 2.05) is 18.2 Å². The minimum atomic E-state index is 0.567. The average molecular weight is 304 g/mol. The summed E-state index contributed by atoms with van der Waals surface area (Å²) < 4.78 is 0. The summed E-state index contributed by atoms with van der Waals surface area (Å²) in [5.41, 5.74) is 7.95. The average Bonchev–Trinajstić information content (AvgIpc) is 2.96. The first-order valence-corrected chi connectivity index (χ1v) is 8.01. The quantitative estimate of drug-likeness (QED) is 0.880. The molecule has 1 aromatic heterocycles. The standard InChI is InChI=1S/C17H22ClN3/c1-21(16-8-4-6-13(16)10-19)11-14-9-12-5-2-3-7-15(12)20-17(14)18/h2-3,5,7,9,13,16H,4,6,8,10-11,19H2,1H3. The Morgan fingerprint density at radius 3 is 2.95 bits per heavy atom. The number of nitrogens with zero attached hydrogens (tertiary/aromatic N) is 2. The first-order chi connectivity index (χ1) is 10.2. The van der Waals surface area contributed by atoms with Gasteiger partial charge in [-0.3, -0.25) is 4.90 Å². The van der Waals surface area contributed by atoms with Crippen molar-refractivity contribution in [1.82, 2.24) is 9.88 Å². The fourth-order valence-corrected chi connectivity index (χ4v) is 3.71. The number of aromatic nitrogens is 1. The first-order valence-electron chi connectivity index (χ1n) is 7.63. The molecule has 0 radical (unpaired) electrons. The van der Waals surface area contributed by atoms with Gasteiger partial charge in [0.05, 0.1) is 5.52 Å². The highest BCUT2D eigenvalue weighted by atomic mass is 35.5. The Labute approximate surface area is 131 Å². The second-order valence-electron chi connectivity index (χ2n) is 6.04. The number of fused-ring (bicyclic) bond motifs is 1. The molecule has 2 aromatic rings. The van der Waals surface area contributed by atoms with Gasteiger partial charge in [0.15, 0.2) is 0 Å². The summed E-state index contributed by atoms with van der Waals surface area (Å²) in [4.78, 5) is 6.90. The Morgan fingerprint density at radius 2 is 2.14 bits per heavy atom.